The van der Waals surface area contributed by atoms with Gasteiger partial charge in [0.25, 0.3) is 0 Å². The van der Waals surface area contributed by atoms with Crippen LogP contribution in [-0.4, -0.2) is 11.5 Å². The van der Waals surface area contributed by atoms with Gasteiger partial charge in [0.05, 0.1) is 5.01 Å². The molecule has 0 aliphatic carbocycles. The third-order valence-electron chi connectivity index (χ3n) is 2.93. The second-order valence-corrected chi connectivity index (χ2v) is 5.70. The van der Waals surface area contributed by atoms with E-state index >= 15 is 0 Å². The van der Waals surface area contributed by atoms with Crippen molar-refractivity contribution in [3.63, 3.8) is 0 Å². The highest BCUT2D eigenvalue weighted by atomic mass is 32.1. The summed E-state index contributed by atoms with van der Waals surface area (Å²) in [7, 11) is 0. The van der Waals surface area contributed by atoms with Crippen molar-refractivity contribution >= 4 is 11.3 Å². The molecule has 1 heterocycles. The van der Waals surface area contributed by atoms with E-state index in [4.69, 9.17) is 0 Å². The van der Waals surface area contributed by atoms with E-state index in [1.807, 2.05) is 17.5 Å². The molecule has 2 nitrogen and oxygen atoms in total. The van der Waals surface area contributed by atoms with Gasteiger partial charge in [-0.25, -0.2) is 4.98 Å². The maximum atomic E-state index is 4.51. The first-order valence-electron chi connectivity index (χ1n) is 6.48. The Morgan fingerprint density at radius 2 is 2.11 bits per heavy atom. The summed E-state index contributed by atoms with van der Waals surface area (Å²) in [6.07, 6.45) is 4.13. The molecule has 2 rings (SSSR count). The van der Waals surface area contributed by atoms with Crippen molar-refractivity contribution in [2.75, 3.05) is 6.54 Å². The predicted molar refractivity (Wildman–Crippen MR) is 78.1 cm³/mol. The van der Waals surface area contributed by atoms with Crippen LogP contribution in [0.1, 0.15) is 34.4 Å². The highest BCUT2D eigenvalue weighted by Crippen LogP contribution is 2.18. The summed E-state index contributed by atoms with van der Waals surface area (Å²) in [4.78, 5) is 5.84. The van der Waals surface area contributed by atoms with Gasteiger partial charge in [-0.3, -0.25) is 0 Å². The summed E-state index contributed by atoms with van der Waals surface area (Å²) in [5.74, 6) is 0. The Labute approximate surface area is 113 Å². The second-order valence-electron chi connectivity index (χ2n) is 4.50. The van der Waals surface area contributed by atoms with Gasteiger partial charge in [-0.2, -0.15) is 0 Å². The molecule has 0 spiro atoms. The minimum atomic E-state index is 0.944. The minimum Gasteiger partial charge on any atom is -0.312 e. The van der Waals surface area contributed by atoms with Crippen molar-refractivity contribution in [1.82, 2.24) is 10.3 Å². The molecule has 0 unspecified atom stereocenters. The smallest absolute Gasteiger partial charge is 0.0972 e. The monoisotopic (exact) mass is 260 g/mol. The van der Waals surface area contributed by atoms with Crippen molar-refractivity contribution in [3.8, 4) is 0 Å². The molecule has 1 aromatic heterocycles. The standard InChI is InChI=1S/C15H20N2S/c1-3-8-16-10-14-11-17-15(18-14)9-13-7-5-4-6-12(13)2/h4-7,11,16H,3,8-10H2,1-2H3. The first kappa shape index (κ1) is 13.2. The molecule has 18 heavy (non-hydrogen) atoms. The Kier molecular flexibility index (Phi) is 4.90. The van der Waals surface area contributed by atoms with Gasteiger partial charge in [-0.1, -0.05) is 31.2 Å². The minimum absolute atomic E-state index is 0.944. The van der Waals surface area contributed by atoms with Crippen LogP contribution in [0.15, 0.2) is 30.5 Å². The highest BCUT2D eigenvalue weighted by molar-refractivity contribution is 7.11. The normalized spacial score (nSPS) is 10.8. The number of nitrogens with zero attached hydrogens (tertiary/aromatic N) is 1. The first-order valence-corrected chi connectivity index (χ1v) is 7.30. The van der Waals surface area contributed by atoms with E-state index < -0.39 is 0 Å². The van der Waals surface area contributed by atoms with Gasteiger partial charge >= 0.3 is 0 Å². The fourth-order valence-corrected chi connectivity index (χ4v) is 2.79. The Morgan fingerprint density at radius 1 is 1.28 bits per heavy atom. The second kappa shape index (κ2) is 6.66. The average Bonchev–Trinajstić information content (AvgIpc) is 2.80. The number of thiazole rings is 1. The summed E-state index contributed by atoms with van der Waals surface area (Å²) in [5.41, 5.74) is 2.72. The van der Waals surface area contributed by atoms with E-state index in [1.54, 1.807) is 0 Å². The molecule has 0 fully saturated rings. The van der Waals surface area contributed by atoms with E-state index in [0.717, 1.165) is 19.5 Å². The summed E-state index contributed by atoms with van der Waals surface area (Å²) >= 11 is 1.81. The van der Waals surface area contributed by atoms with Crippen molar-refractivity contribution < 1.29 is 0 Å². The van der Waals surface area contributed by atoms with Crippen molar-refractivity contribution in [2.45, 2.75) is 33.2 Å². The van der Waals surface area contributed by atoms with Gasteiger partial charge in [0.2, 0.25) is 0 Å². The molecule has 2 aromatic rings. The van der Waals surface area contributed by atoms with E-state index in [0.29, 0.717) is 0 Å². The third kappa shape index (κ3) is 3.65. The molecule has 1 aromatic carbocycles. The first-order chi connectivity index (χ1) is 8.79. The summed E-state index contributed by atoms with van der Waals surface area (Å²) in [6.45, 7) is 6.36. The topological polar surface area (TPSA) is 24.9 Å². The van der Waals surface area contributed by atoms with Crippen molar-refractivity contribution in [3.05, 3.63) is 51.5 Å². The molecular weight excluding hydrogens is 240 g/mol. The zero-order valence-electron chi connectivity index (χ0n) is 11.1. The SMILES string of the molecule is CCCNCc1cnc(Cc2ccccc2C)s1. The van der Waals surface area contributed by atoms with E-state index in [-0.39, 0.29) is 0 Å². The lowest BCUT2D eigenvalue weighted by Gasteiger charge is -2.02. The summed E-state index contributed by atoms with van der Waals surface area (Å²) in [5, 5.41) is 4.62. The van der Waals surface area contributed by atoms with Gasteiger partial charge in [0.1, 0.15) is 0 Å². The van der Waals surface area contributed by atoms with Crippen LogP contribution >= 0.6 is 11.3 Å². The molecule has 0 radical (unpaired) electrons. The number of benzene rings is 1. The molecule has 96 valence electrons. The lowest BCUT2D eigenvalue weighted by atomic mass is 10.1. The van der Waals surface area contributed by atoms with Gasteiger partial charge in [0.15, 0.2) is 0 Å². The Bertz CT molecular complexity index is 491. The van der Waals surface area contributed by atoms with E-state index in [9.17, 15) is 0 Å². The maximum Gasteiger partial charge on any atom is 0.0972 e. The van der Waals surface area contributed by atoms with E-state index in [2.05, 4.69) is 48.4 Å². The largest absolute Gasteiger partial charge is 0.312 e. The molecule has 0 amide bonds. The number of aromatic nitrogens is 1. The fourth-order valence-electron chi connectivity index (χ4n) is 1.87. The molecule has 0 bridgehead atoms. The van der Waals surface area contributed by atoms with Crippen LogP contribution in [0.3, 0.4) is 0 Å². The number of hydrogen-bond donors (Lipinski definition) is 1. The van der Waals surface area contributed by atoms with Gasteiger partial charge < -0.3 is 5.32 Å². The number of aryl methyl sites for hydroxylation is 1. The number of hydrogen-bond acceptors (Lipinski definition) is 3. The average molecular weight is 260 g/mol. The van der Waals surface area contributed by atoms with Crippen LogP contribution < -0.4 is 5.32 Å². The van der Waals surface area contributed by atoms with Crippen molar-refractivity contribution in [2.24, 2.45) is 0 Å². The molecular formula is C15H20N2S. The van der Waals surface area contributed by atoms with Gasteiger partial charge in [-0.05, 0) is 31.0 Å². The van der Waals surface area contributed by atoms with Crippen LogP contribution in [0.5, 0.6) is 0 Å². The number of nitrogens with one attached hydrogen (secondary N) is 1. The van der Waals surface area contributed by atoms with Crippen LogP contribution in [0.2, 0.25) is 0 Å². The summed E-state index contributed by atoms with van der Waals surface area (Å²) in [6, 6.07) is 8.53. The molecule has 3 heteroatoms. The zero-order chi connectivity index (χ0) is 12.8. The molecule has 0 saturated heterocycles. The van der Waals surface area contributed by atoms with Crippen LogP contribution in [0.25, 0.3) is 0 Å². The lowest BCUT2D eigenvalue weighted by molar-refractivity contribution is 0.681. The van der Waals surface area contributed by atoms with Crippen LogP contribution in [0.4, 0.5) is 0 Å². The van der Waals surface area contributed by atoms with Gasteiger partial charge in [-0.15, -0.1) is 11.3 Å². The van der Waals surface area contributed by atoms with E-state index in [1.165, 1.54) is 27.4 Å². The Morgan fingerprint density at radius 3 is 2.89 bits per heavy atom. The highest BCUT2D eigenvalue weighted by Gasteiger charge is 2.04. The Hall–Kier alpha value is -1.19. The molecule has 1 N–H and O–H groups in total. The molecule has 0 aliphatic heterocycles. The molecule has 0 saturated carbocycles. The molecule has 0 aliphatic rings. The predicted octanol–water partition coefficient (Wildman–Crippen LogP) is 3.54. The third-order valence-corrected chi connectivity index (χ3v) is 3.93. The fraction of sp³-hybridized carbons (Fsp3) is 0.400. The lowest BCUT2D eigenvalue weighted by Crippen LogP contribution is -2.12. The van der Waals surface area contributed by atoms with Crippen molar-refractivity contribution in [1.29, 1.82) is 0 Å². The van der Waals surface area contributed by atoms with Crippen LogP contribution in [-0.2, 0) is 13.0 Å². The van der Waals surface area contributed by atoms with Gasteiger partial charge in [0, 0.05) is 24.0 Å². The zero-order valence-corrected chi connectivity index (χ0v) is 11.9. The number of rotatable bonds is 6. The van der Waals surface area contributed by atoms with Crippen LogP contribution in [0, 0.1) is 6.92 Å². The maximum absolute atomic E-state index is 4.51. The Balaban J connectivity index is 1.96. The molecule has 0 atom stereocenters. The summed E-state index contributed by atoms with van der Waals surface area (Å²) < 4.78 is 0. The quantitative estimate of drug-likeness (QED) is 0.804.